The second-order valence-corrected chi connectivity index (χ2v) is 11.0. The maximum absolute atomic E-state index is 6.12. The highest BCUT2D eigenvalue weighted by atomic mass is 32.1. The Labute approximate surface area is 126 Å². The molecule has 1 heterocycles. The van der Waals surface area contributed by atoms with Crippen LogP contribution in [0.15, 0.2) is 46.8 Å². The van der Waals surface area contributed by atoms with E-state index in [1.165, 1.54) is 10.4 Å². The van der Waals surface area contributed by atoms with Crippen molar-refractivity contribution in [1.29, 1.82) is 0 Å². The number of benzene rings is 1. The lowest BCUT2D eigenvalue weighted by atomic mass is 10.1. The van der Waals surface area contributed by atoms with Gasteiger partial charge in [-0.2, -0.15) is 0 Å². The van der Waals surface area contributed by atoms with Crippen LogP contribution in [0.5, 0.6) is 5.75 Å². The maximum atomic E-state index is 6.12. The van der Waals surface area contributed by atoms with Gasteiger partial charge >= 0.3 is 0 Å². The second kappa shape index (κ2) is 6.86. The van der Waals surface area contributed by atoms with Crippen LogP contribution in [0.1, 0.15) is 10.4 Å². The third-order valence-electron chi connectivity index (χ3n) is 2.66. The predicted octanol–water partition coefficient (Wildman–Crippen LogP) is 4.62. The molecule has 0 aliphatic carbocycles. The Morgan fingerprint density at radius 1 is 1.15 bits per heavy atom. The summed E-state index contributed by atoms with van der Waals surface area (Å²) in [6.07, 6.45) is 2.87. The highest BCUT2D eigenvalue weighted by molar-refractivity contribution is 7.11. The number of rotatable bonds is 6. The zero-order chi connectivity index (χ0) is 14.4. The molecular weight excluding hydrogens is 282 g/mol. The van der Waals surface area contributed by atoms with Gasteiger partial charge in [0.15, 0.2) is 0 Å². The van der Waals surface area contributed by atoms with Crippen LogP contribution in [0.25, 0.3) is 0 Å². The largest absolute Gasteiger partial charge is 0.544 e. The van der Waals surface area contributed by atoms with Crippen LogP contribution < -0.4 is 4.43 Å². The molecule has 106 valence electrons. The SMILES string of the molecule is C[Si](C)(C)Oc1ccccc1CCN=Cc1cccs1. The summed E-state index contributed by atoms with van der Waals surface area (Å²) in [4.78, 5) is 5.69. The number of nitrogens with zero attached hydrogens (tertiary/aromatic N) is 1. The van der Waals surface area contributed by atoms with Gasteiger partial charge in [0.25, 0.3) is 0 Å². The van der Waals surface area contributed by atoms with Crippen molar-refractivity contribution in [2.45, 2.75) is 26.1 Å². The van der Waals surface area contributed by atoms with E-state index >= 15 is 0 Å². The van der Waals surface area contributed by atoms with E-state index in [0.29, 0.717) is 0 Å². The fourth-order valence-corrected chi connectivity index (χ4v) is 3.31. The van der Waals surface area contributed by atoms with Crippen molar-refractivity contribution in [2.24, 2.45) is 4.99 Å². The van der Waals surface area contributed by atoms with Crippen molar-refractivity contribution in [3.05, 3.63) is 52.2 Å². The number of thiophene rings is 1. The first-order chi connectivity index (χ1) is 9.54. The molecule has 2 rings (SSSR count). The maximum Gasteiger partial charge on any atom is 0.242 e. The molecule has 0 radical (unpaired) electrons. The lowest BCUT2D eigenvalue weighted by molar-refractivity contribution is 0.549. The van der Waals surface area contributed by atoms with Gasteiger partial charge in [0.1, 0.15) is 5.75 Å². The topological polar surface area (TPSA) is 21.6 Å². The van der Waals surface area contributed by atoms with E-state index in [9.17, 15) is 0 Å². The van der Waals surface area contributed by atoms with Crippen LogP contribution in [0.4, 0.5) is 0 Å². The lowest BCUT2D eigenvalue weighted by Gasteiger charge is -2.21. The summed E-state index contributed by atoms with van der Waals surface area (Å²) in [7, 11) is -1.56. The van der Waals surface area contributed by atoms with E-state index in [1.807, 2.05) is 18.3 Å². The molecule has 0 aliphatic rings. The van der Waals surface area contributed by atoms with E-state index in [1.54, 1.807) is 11.3 Å². The van der Waals surface area contributed by atoms with E-state index in [2.05, 4.69) is 54.3 Å². The molecule has 1 aromatic heterocycles. The van der Waals surface area contributed by atoms with Crippen LogP contribution in [0.2, 0.25) is 19.6 Å². The van der Waals surface area contributed by atoms with Crippen LogP contribution in [0.3, 0.4) is 0 Å². The number of hydrogen-bond donors (Lipinski definition) is 0. The Bertz CT molecular complexity index is 558. The zero-order valence-electron chi connectivity index (χ0n) is 12.3. The molecule has 0 saturated carbocycles. The van der Waals surface area contributed by atoms with Gasteiger partial charge in [0, 0.05) is 17.6 Å². The highest BCUT2D eigenvalue weighted by Crippen LogP contribution is 2.22. The number of para-hydroxylation sites is 1. The van der Waals surface area contributed by atoms with E-state index in [0.717, 1.165) is 18.7 Å². The molecule has 0 aliphatic heterocycles. The quantitative estimate of drug-likeness (QED) is 0.563. The number of aliphatic imine (C=N–C) groups is 1. The van der Waals surface area contributed by atoms with Crippen molar-refractivity contribution in [1.82, 2.24) is 0 Å². The molecule has 2 aromatic rings. The average Bonchev–Trinajstić information content (AvgIpc) is 2.88. The van der Waals surface area contributed by atoms with E-state index in [-0.39, 0.29) is 0 Å². The standard InChI is InChI=1S/C16H21NOSSi/c1-20(2,3)18-16-9-5-4-7-14(16)10-11-17-13-15-8-6-12-19-15/h4-9,12-13H,10-11H2,1-3H3. The molecule has 0 bridgehead atoms. The molecular formula is C16H21NOSSi. The molecule has 20 heavy (non-hydrogen) atoms. The van der Waals surface area contributed by atoms with Gasteiger partial charge in [-0.1, -0.05) is 24.3 Å². The van der Waals surface area contributed by atoms with Gasteiger partial charge in [0.05, 0.1) is 0 Å². The van der Waals surface area contributed by atoms with Crippen molar-refractivity contribution in [3.63, 3.8) is 0 Å². The first kappa shape index (κ1) is 15.0. The Balaban J connectivity index is 1.95. The Morgan fingerprint density at radius 2 is 1.95 bits per heavy atom. The first-order valence-electron chi connectivity index (χ1n) is 6.85. The van der Waals surface area contributed by atoms with Gasteiger partial charge in [0.2, 0.25) is 8.32 Å². The monoisotopic (exact) mass is 303 g/mol. The van der Waals surface area contributed by atoms with Crippen molar-refractivity contribution in [3.8, 4) is 5.75 Å². The Hall–Kier alpha value is -1.39. The lowest BCUT2D eigenvalue weighted by Crippen LogP contribution is -2.29. The summed E-state index contributed by atoms with van der Waals surface area (Å²) < 4.78 is 6.12. The van der Waals surface area contributed by atoms with Gasteiger partial charge < -0.3 is 4.43 Å². The van der Waals surface area contributed by atoms with Crippen molar-refractivity contribution in [2.75, 3.05) is 6.54 Å². The number of hydrogen-bond acceptors (Lipinski definition) is 3. The summed E-state index contributed by atoms with van der Waals surface area (Å²) >= 11 is 1.71. The molecule has 0 saturated heterocycles. The molecule has 0 unspecified atom stereocenters. The minimum absolute atomic E-state index is 0.796. The molecule has 1 aromatic carbocycles. The summed E-state index contributed by atoms with van der Waals surface area (Å²) in [5.74, 6) is 1.03. The molecule has 0 N–H and O–H groups in total. The highest BCUT2D eigenvalue weighted by Gasteiger charge is 2.17. The zero-order valence-corrected chi connectivity index (χ0v) is 14.1. The van der Waals surface area contributed by atoms with Crippen molar-refractivity contribution >= 4 is 25.9 Å². The fraction of sp³-hybridized carbons (Fsp3) is 0.312. The molecule has 0 amide bonds. The molecule has 2 nitrogen and oxygen atoms in total. The van der Waals surface area contributed by atoms with E-state index < -0.39 is 8.32 Å². The fourth-order valence-electron chi connectivity index (χ4n) is 1.84. The van der Waals surface area contributed by atoms with Crippen molar-refractivity contribution < 1.29 is 4.43 Å². The van der Waals surface area contributed by atoms with Gasteiger partial charge in [-0.3, -0.25) is 4.99 Å². The summed E-state index contributed by atoms with van der Waals surface area (Å²) in [5.41, 5.74) is 1.25. The minimum atomic E-state index is -1.56. The third-order valence-corrected chi connectivity index (χ3v) is 4.30. The third kappa shape index (κ3) is 4.94. The first-order valence-corrected chi connectivity index (χ1v) is 11.1. The molecule has 0 fully saturated rings. The van der Waals surface area contributed by atoms with Gasteiger partial charge in [-0.25, -0.2) is 0 Å². The smallest absolute Gasteiger partial charge is 0.242 e. The normalized spacial score (nSPS) is 11.9. The van der Waals surface area contributed by atoms with Gasteiger partial charge in [-0.05, 0) is 49.1 Å². The minimum Gasteiger partial charge on any atom is -0.544 e. The summed E-state index contributed by atoms with van der Waals surface area (Å²) in [6, 6.07) is 12.4. The Morgan fingerprint density at radius 3 is 2.65 bits per heavy atom. The molecule has 0 atom stereocenters. The second-order valence-electron chi connectivity index (χ2n) is 5.62. The summed E-state index contributed by atoms with van der Waals surface area (Å²) in [6.45, 7) is 7.42. The summed E-state index contributed by atoms with van der Waals surface area (Å²) in [5, 5.41) is 2.07. The van der Waals surface area contributed by atoms with Crippen LogP contribution in [0, 0.1) is 0 Å². The van der Waals surface area contributed by atoms with Crippen LogP contribution in [-0.4, -0.2) is 21.1 Å². The van der Waals surface area contributed by atoms with E-state index in [4.69, 9.17) is 4.43 Å². The Kier molecular flexibility index (Phi) is 5.15. The van der Waals surface area contributed by atoms with Crippen LogP contribution in [-0.2, 0) is 6.42 Å². The average molecular weight is 304 g/mol. The van der Waals surface area contributed by atoms with Gasteiger partial charge in [-0.15, -0.1) is 11.3 Å². The predicted molar refractivity (Wildman–Crippen MR) is 90.9 cm³/mol. The molecule has 0 spiro atoms. The molecule has 4 heteroatoms. The van der Waals surface area contributed by atoms with Crippen LogP contribution >= 0.6 is 11.3 Å².